The molecule has 31 heavy (non-hydrogen) atoms. The molecular weight excluding hydrogens is 431 g/mol. The van der Waals surface area contributed by atoms with E-state index in [0.29, 0.717) is 41.9 Å². The summed E-state index contributed by atoms with van der Waals surface area (Å²) in [6.07, 6.45) is -2.57. The van der Waals surface area contributed by atoms with E-state index < -0.39 is 11.9 Å². The first kappa shape index (κ1) is 21.3. The number of rotatable bonds is 4. The molecule has 1 aliphatic rings. The van der Waals surface area contributed by atoms with Crippen LogP contribution in [0.2, 0.25) is 5.28 Å². The summed E-state index contributed by atoms with van der Waals surface area (Å²) in [5.74, 6) is 0.0129. The number of carbonyl (C=O) groups excluding carboxylic acids is 1. The lowest BCUT2D eigenvalue weighted by atomic mass is 9.99. The van der Waals surface area contributed by atoms with Crippen LogP contribution < -0.4 is 5.32 Å². The Kier molecular flexibility index (Phi) is 5.47. The lowest BCUT2D eigenvalue weighted by molar-refractivity contribution is -0.140. The summed E-state index contributed by atoms with van der Waals surface area (Å²) < 4.78 is 40.9. The van der Waals surface area contributed by atoms with Gasteiger partial charge in [-0.25, -0.2) is 15.0 Å². The number of carbonyl (C=O) groups is 1. The van der Waals surface area contributed by atoms with E-state index in [1.165, 1.54) is 4.57 Å². The number of halogens is 4. The first-order valence-electron chi connectivity index (χ1n) is 9.72. The molecule has 0 fully saturated rings. The van der Waals surface area contributed by atoms with Crippen LogP contribution >= 0.6 is 11.6 Å². The van der Waals surface area contributed by atoms with Crippen molar-refractivity contribution >= 4 is 17.5 Å². The van der Waals surface area contributed by atoms with Gasteiger partial charge in [0, 0.05) is 37.2 Å². The smallest absolute Gasteiger partial charge is 0.352 e. The van der Waals surface area contributed by atoms with Gasteiger partial charge in [-0.2, -0.15) is 13.2 Å². The Morgan fingerprint density at radius 1 is 1.16 bits per heavy atom. The first-order valence-corrected chi connectivity index (χ1v) is 10.1. The molecule has 6 nitrogen and oxygen atoms in total. The van der Waals surface area contributed by atoms with E-state index in [1.807, 2.05) is 0 Å². The predicted octanol–water partition coefficient (Wildman–Crippen LogP) is 4.47. The number of benzene rings is 1. The molecule has 2 aromatic heterocycles. The van der Waals surface area contributed by atoms with Crippen molar-refractivity contribution in [2.75, 3.05) is 6.54 Å². The van der Waals surface area contributed by atoms with Crippen LogP contribution in [0.1, 0.15) is 52.9 Å². The number of alkyl halides is 3. The maximum atomic E-state index is 13.1. The van der Waals surface area contributed by atoms with Crippen molar-refractivity contribution in [1.29, 1.82) is 0 Å². The van der Waals surface area contributed by atoms with E-state index >= 15 is 0 Å². The van der Waals surface area contributed by atoms with Gasteiger partial charge in [0.25, 0.3) is 5.91 Å². The Morgan fingerprint density at radius 3 is 2.52 bits per heavy atom. The lowest BCUT2D eigenvalue weighted by Gasteiger charge is -2.18. The molecule has 1 amide bonds. The van der Waals surface area contributed by atoms with Gasteiger partial charge < -0.3 is 9.88 Å². The van der Waals surface area contributed by atoms with Gasteiger partial charge in [0.05, 0.1) is 17.0 Å². The van der Waals surface area contributed by atoms with Gasteiger partial charge in [0.2, 0.25) is 5.28 Å². The van der Waals surface area contributed by atoms with Gasteiger partial charge in [0.1, 0.15) is 5.82 Å². The maximum Gasteiger partial charge on any atom is 0.434 e. The molecule has 3 heterocycles. The highest BCUT2D eigenvalue weighted by Gasteiger charge is 2.35. The zero-order valence-electron chi connectivity index (χ0n) is 16.8. The minimum absolute atomic E-state index is 0.0821. The fraction of sp³-hybridized carbons (Fsp3) is 0.333. The number of hydrogen-bond donors (Lipinski definition) is 1. The molecule has 1 aliphatic heterocycles. The molecule has 0 unspecified atom stereocenters. The summed E-state index contributed by atoms with van der Waals surface area (Å²) >= 11 is 6.03. The van der Waals surface area contributed by atoms with Crippen LogP contribution in [0.15, 0.2) is 30.5 Å². The number of fused-ring (bicyclic) bond motifs is 1. The van der Waals surface area contributed by atoms with Crippen LogP contribution in [0.4, 0.5) is 13.2 Å². The Hall–Kier alpha value is -2.94. The first-order chi connectivity index (χ1) is 14.6. The van der Waals surface area contributed by atoms with Crippen molar-refractivity contribution in [3.8, 4) is 11.4 Å². The Labute approximate surface area is 181 Å². The Balaban J connectivity index is 1.66. The van der Waals surface area contributed by atoms with Gasteiger partial charge >= 0.3 is 6.18 Å². The normalized spacial score (nSPS) is 14.0. The molecule has 0 saturated heterocycles. The van der Waals surface area contributed by atoms with Crippen LogP contribution in [0.25, 0.3) is 11.4 Å². The predicted molar refractivity (Wildman–Crippen MR) is 109 cm³/mol. The van der Waals surface area contributed by atoms with Gasteiger partial charge in [-0.05, 0) is 31.0 Å². The van der Waals surface area contributed by atoms with Gasteiger partial charge in [-0.1, -0.05) is 24.3 Å². The summed E-state index contributed by atoms with van der Waals surface area (Å²) in [7, 11) is 0. The average Bonchev–Trinajstić information content (AvgIpc) is 3.14. The highest BCUT2D eigenvalue weighted by atomic mass is 35.5. The van der Waals surface area contributed by atoms with Crippen molar-refractivity contribution in [1.82, 2.24) is 24.8 Å². The molecule has 0 atom stereocenters. The number of nitrogens with one attached hydrogen (secondary N) is 1. The summed E-state index contributed by atoms with van der Waals surface area (Å²) in [5, 5.41) is 2.86. The Bertz CT molecular complexity index is 1140. The standard InChI is InChI=1S/C21H19ClF3N5O/c1-11(2)30-10-16(21(23,24)25)29-18(30)13-5-3-12(4-6-13)9-15-17-14(27-20(22)28-15)7-8-26-19(17)31/h3-6,10-11H,7-9H2,1-2H3,(H,26,31). The van der Waals surface area contributed by atoms with E-state index in [9.17, 15) is 18.0 Å². The number of hydrogen-bond acceptors (Lipinski definition) is 4. The molecule has 3 aromatic rings. The van der Waals surface area contributed by atoms with E-state index in [0.717, 1.165) is 11.8 Å². The van der Waals surface area contributed by atoms with Crippen LogP contribution in [-0.2, 0) is 19.0 Å². The van der Waals surface area contributed by atoms with Crippen molar-refractivity contribution < 1.29 is 18.0 Å². The molecule has 0 radical (unpaired) electrons. The fourth-order valence-electron chi connectivity index (χ4n) is 3.58. The zero-order valence-corrected chi connectivity index (χ0v) is 17.6. The van der Waals surface area contributed by atoms with E-state index in [2.05, 4.69) is 20.3 Å². The third-order valence-electron chi connectivity index (χ3n) is 5.07. The summed E-state index contributed by atoms with van der Waals surface area (Å²) in [6.45, 7) is 4.09. The van der Waals surface area contributed by atoms with E-state index in [-0.39, 0.29) is 23.1 Å². The van der Waals surface area contributed by atoms with E-state index in [4.69, 9.17) is 11.6 Å². The Morgan fingerprint density at radius 2 is 1.87 bits per heavy atom. The molecule has 10 heteroatoms. The monoisotopic (exact) mass is 449 g/mol. The quantitative estimate of drug-likeness (QED) is 0.596. The van der Waals surface area contributed by atoms with Crippen LogP contribution in [0, 0.1) is 0 Å². The molecule has 0 aliphatic carbocycles. The fourth-order valence-corrected chi connectivity index (χ4v) is 3.79. The summed E-state index contributed by atoms with van der Waals surface area (Å²) in [5.41, 5.74) is 2.04. The number of nitrogens with zero attached hydrogens (tertiary/aromatic N) is 4. The third-order valence-corrected chi connectivity index (χ3v) is 5.24. The van der Waals surface area contributed by atoms with Crippen molar-refractivity contribution in [2.24, 2.45) is 0 Å². The molecule has 4 rings (SSSR count). The molecule has 0 bridgehead atoms. The number of amides is 1. The SMILES string of the molecule is CC(C)n1cc(C(F)(F)F)nc1-c1ccc(Cc2nc(Cl)nc3c2C(=O)NCC3)cc1. The van der Waals surface area contributed by atoms with Crippen molar-refractivity contribution in [3.63, 3.8) is 0 Å². The average molecular weight is 450 g/mol. The minimum atomic E-state index is -4.51. The van der Waals surface area contributed by atoms with Crippen molar-refractivity contribution in [2.45, 2.75) is 38.9 Å². The molecular formula is C21H19ClF3N5O. The minimum Gasteiger partial charge on any atom is -0.352 e. The zero-order chi connectivity index (χ0) is 22.3. The molecule has 1 N–H and O–H groups in total. The maximum absolute atomic E-state index is 13.1. The second-order valence-corrected chi connectivity index (χ2v) is 7.93. The number of aromatic nitrogens is 4. The highest BCUT2D eigenvalue weighted by molar-refractivity contribution is 6.28. The van der Waals surface area contributed by atoms with Gasteiger partial charge in [0.15, 0.2) is 5.69 Å². The van der Waals surface area contributed by atoms with Crippen LogP contribution in [-0.4, -0.2) is 32.0 Å². The van der Waals surface area contributed by atoms with E-state index in [1.54, 1.807) is 38.1 Å². The van der Waals surface area contributed by atoms with Crippen molar-refractivity contribution in [3.05, 3.63) is 64.0 Å². The third kappa shape index (κ3) is 4.27. The second kappa shape index (κ2) is 7.96. The molecule has 0 spiro atoms. The molecule has 162 valence electrons. The molecule has 0 saturated carbocycles. The highest BCUT2D eigenvalue weighted by Crippen LogP contribution is 2.32. The second-order valence-electron chi connectivity index (χ2n) is 7.59. The van der Waals surface area contributed by atoms with Gasteiger partial charge in [-0.3, -0.25) is 4.79 Å². The summed E-state index contributed by atoms with van der Waals surface area (Å²) in [4.78, 5) is 24.5. The summed E-state index contributed by atoms with van der Waals surface area (Å²) in [6, 6.07) is 6.81. The lowest BCUT2D eigenvalue weighted by Crippen LogP contribution is -2.34. The topological polar surface area (TPSA) is 72.7 Å². The van der Waals surface area contributed by atoms with Crippen LogP contribution in [0.5, 0.6) is 0 Å². The largest absolute Gasteiger partial charge is 0.434 e. The number of imidazole rings is 1. The molecule has 1 aromatic carbocycles. The van der Waals surface area contributed by atoms with Crippen LogP contribution in [0.3, 0.4) is 0 Å². The van der Waals surface area contributed by atoms with Gasteiger partial charge in [-0.15, -0.1) is 0 Å².